The first-order valence-electron chi connectivity index (χ1n) is 7.76. The van der Waals surface area contributed by atoms with Crippen LogP contribution in [0.3, 0.4) is 0 Å². The molecular weight excluding hydrogens is 418 g/mol. The van der Waals surface area contributed by atoms with Gasteiger partial charge in [0.05, 0.1) is 12.0 Å². The van der Waals surface area contributed by atoms with E-state index in [1.54, 1.807) is 30.3 Å². The van der Waals surface area contributed by atoms with Crippen molar-refractivity contribution in [1.82, 2.24) is 4.98 Å². The largest absolute Gasteiger partial charge is 0.479 e. The third-order valence-electron chi connectivity index (χ3n) is 3.89. The van der Waals surface area contributed by atoms with Gasteiger partial charge in [0.15, 0.2) is 0 Å². The number of rotatable bonds is 5. The molecule has 0 aliphatic rings. The van der Waals surface area contributed by atoms with Crippen molar-refractivity contribution in [3.63, 3.8) is 0 Å². The number of nitrogens with one attached hydrogen (secondary N) is 1. The molecule has 2 aromatic carbocycles. The summed E-state index contributed by atoms with van der Waals surface area (Å²) in [5.74, 6) is 0.192. The Bertz CT molecular complexity index is 1070. The molecule has 1 N–H and O–H groups in total. The van der Waals surface area contributed by atoms with E-state index in [1.165, 1.54) is 7.11 Å². The lowest BCUT2D eigenvalue weighted by Crippen LogP contribution is -2.15. The molecule has 1 heterocycles. The molecule has 3 rings (SSSR count). The number of pyridine rings is 1. The molecule has 136 valence electrons. The van der Waals surface area contributed by atoms with Crippen LogP contribution >= 0.6 is 15.9 Å². The average Bonchev–Trinajstić information content (AvgIpc) is 2.61. The molecule has 0 saturated carbocycles. The number of fused-ring (bicyclic) bond motifs is 1. The molecule has 0 aliphatic heterocycles. The van der Waals surface area contributed by atoms with Gasteiger partial charge < -0.3 is 9.64 Å². The maximum Gasteiger partial charge on any atom is 0.262 e. The van der Waals surface area contributed by atoms with Gasteiger partial charge in [0, 0.05) is 30.6 Å². The van der Waals surface area contributed by atoms with Crippen molar-refractivity contribution in [3.8, 4) is 5.88 Å². The zero-order valence-electron chi connectivity index (χ0n) is 14.5. The van der Waals surface area contributed by atoms with E-state index in [-0.39, 0.29) is 16.5 Å². The number of halogens is 1. The first-order chi connectivity index (χ1) is 12.3. The van der Waals surface area contributed by atoms with Crippen LogP contribution in [0.25, 0.3) is 10.8 Å². The zero-order valence-corrected chi connectivity index (χ0v) is 16.9. The highest BCUT2D eigenvalue weighted by molar-refractivity contribution is 9.10. The van der Waals surface area contributed by atoms with E-state index < -0.39 is 10.0 Å². The first kappa shape index (κ1) is 18.5. The normalized spacial score (nSPS) is 11.4. The summed E-state index contributed by atoms with van der Waals surface area (Å²) >= 11 is 3.24. The van der Waals surface area contributed by atoms with Crippen LogP contribution < -0.4 is 14.4 Å². The van der Waals surface area contributed by atoms with E-state index in [4.69, 9.17) is 4.74 Å². The molecule has 0 saturated heterocycles. The molecule has 26 heavy (non-hydrogen) atoms. The summed E-state index contributed by atoms with van der Waals surface area (Å²) in [5.41, 5.74) is 1.22. The van der Waals surface area contributed by atoms with Crippen molar-refractivity contribution in [2.24, 2.45) is 0 Å². The minimum Gasteiger partial charge on any atom is -0.479 e. The summed E-state index contributed by atoms with van der Waals surface area (Å²) in [5, 5.41) is 1.51. The number of sulfonamides is 1. The van der Waals surface area contributed by atoms with Crippen LogP contribution in [-0.2, 0) is 10.0 Å². The Kier molecular flexibility index (Phi) is 5.06. The van der Waals surface area contributed by atoms with Gasteiger partial charge in [0.25, 0.3) is 10.0 Å². The van der Waals surface area contributed by atoms with Gasteiger partial charge in [0.2, 0.25) is 5.88 Å². The number of ether oxygens (including phenoxy) is 1. The number of methoxy groups -OCH3 is 1. The lowest BCUT2D eigenvalue weighted by molar-refractivity contribution is 0.399. The Hall–Kier alpha value is -2.32. The molecule has 0 amide bonds. The highest BCUT2D eigenvalue weighted by atomic mass is 79.9. The van der Waals surface area contributed by atoms with Gasteiger partial charge in [-0.1, -0.05) is 24.3 Å². The Balaban J connectivity index is 2.13. The van der Waals surface area contributed by atoms with Gasteiger partial charge in [-0.25, -0.2) is 13.4 Å². The molecule has 0 bridgehead atoms. The predicted molar refractivity (Wildman–Crippen MR) is 108 cm³/mol. The molecule has 0 radical (unpaired) electrons. The van der Waals surface area contributed by atoms with E-state index in [1.807, 2.05) is 37.2 Å². The Labute approximate surface area is 161 Å². The van der Waals surface area contributed by atoms with Crippen molar-refractivity contribution >= 4 is 48.1 Å². The van der Waals surface area contributed by atoms with Gasteiger partial charge in [-0.2, -0.15) is 0 Å². The second-order valence-electron chi connectivity index (χ2n) is 5.82. The molecule has 6 nitrogen and oxygen atoms in total. The minimum absolute atomic E-state index is 0.192. The monoisotopic (exact) mass is 435 g/mol. The maximum absolute atomic E-state index is 13.0. The Morgan fingerprint density at radius 2 is 1.73 bits per heavy atom. The summed E-state index contributed by atoms with van der Waals surface area (Å²) in [4.78, 5) is 6.28. The van der Waals surface area contributed by atoms with Crippen molar-refractivity contribution in [2.45, 2.75) is 4.90 Å². The SMILES string of the molecule is COc1nc(Br)ccc1NS(=O)(=O)c1cccc2c(N(C)C)cccc12. The van der Waals surface area contributed by atoms with Gasteiger partial charge in [-0.05, 0) is 40.2 Å². The topological polar surface area (TPSA) is 71.5 Å². The van der Waals surface area contributed by atoms with Gasteiger partial charge in [-0.15, -0.1) is 0 Å². The second kappa shape index (κ2) is 7.13. The summed E-state index contributed by atoms with van der Waals surface area (Å²) in [7, 11) is 1.45. The van der Waals surface area contributed by atoms with E-state index in [9.17, 15) is 8.42 Å². The summed E-state index contributed by atoms with van der Waals surface area (Å²) in [6.07, 6.45) is 0. The van der Waals surface area contributed by atoms with Crippen LogP contribution in [0.1, 0.15) is 0 Å². The van der Waals surface area contributed by atoms with Gasteiger partial charge in [-0.3, -0.25) is 4.72 Å². The minimum atomic E-state index is -3.83. The molecule has 0 fully saturated rings. The van der Waals surface area contributed by atoms with Crippen molar-refractivity contribution in [3.05, 3.63) is 53.1 Å². The Morgan fingerprint density at radius 3 is 2.42 bits per heavy atom. The van der Waals surface area contributed by atoms with Crippen LogP contribution in [0.4, 0.5) is 11.4 Å². The summed E-state index contributed by atoms with van der Waals surface area (Å²) < 4.78 is 34.4. The smallest absolute Gasteiger partial charge is 0.262 e. The predicted octanol–water partition coefficient (Wildman–Crippen LogP) is 3.87. The standard InChI is InChI=1S/C18H18BrN3O3S/c1-22(2)15-8-4-7-13-12(15)6-5-9-16(13)26(23,24)21-14-10-11-17(19)20-18(14)25-3/h4-11,21H,1-3H3. The molecule has 0 atom stereocenters. The van der Waals surface area contributed by atoms with Crippen molar-refractivity contribution in [2.75, 3.05) is 30.8 Å². The molecule has 0 aliphatic carbocycles. The number of hydrogen-bond donors (Lipinski definition) is 1. The van der Waals surface area contributed by atoms with Crippen LogP contribution in [0.2, 0.25) is 0 Å². The highest BCUT2D eigenvalue weighted by Gasteiger charge is 2.20. The number of benzene rings is 2. The molecule has 0 spiro atoms. The maximum atomic E-state index is 13.0. The number of hydrogen-bond acceptors (Lipinski definition) is 5. The fourth-order valence-corrected chi connectivity index (χ4v) is 4.31. The number of anilines is 2. The lowest BCUT2D eigenvalue weighted by atomic mass is 10.1. The van der Waals surface area contributed by atoms with Crippen LogP contribution in [0.15, 0.2) is 58.0 Å². The van der Waals surface area contributed by atoms with Crippen LogP contribution in [0, 0.1) is 0 Å². The third kappa shape index (κ3) is 3.47. The molecule has 1 aromatic heterocycles. The number of aromatic nitrogens is 1. The molecule has 3 aromatic rings. The molecular formula is C18H18BrN3O3S. The molecule has 0 unspecified atom stereocenters. The lowest BCUT2D eigenvalue weighted by Gasteiger charge is -2.17. The summed E-state index contributed by atoms with van der Waals surface area (Å²) in [6.45, 7) is 0. The number of nitrogens with zero attached hydrogens (tertiary/aromatic N) is 2. The fraction of sp³-hybridized carbons (Fsp3) is 0.167. The fourth-order valence-electron chi connectivity index (χ4n) is 2.74. The van der Waals surface area contributed by atoms with Crippen molar-refractivity contribution < 1.29 is 13.2 Å². The van der Waals surface area contributed by atoms with E-state index >= 15 is 0 Å². The van der Waals surface area contributed by atoms with E-state index in [2.05, 4.69) is 25.6 Å². The van der Waals surface area contributed by atoms with E-state index in [0.717, 1.165) is 11.1 Å². The summed E-state index contributed by atoms with van der Waals surface area (Å²) in [6, 6.07) is 14.1. The highest BCUT2D eigenvalue weighted by Crippen LogP contribution is 2.32. The second-order valence-corrected chi connectivity index (χ2v) is 8.28. The van der Waals surface area contributed by atoms with E-state index in [0.29, 0.717) is 9.99 Å². The molecule has 8 heteroatoms. The third-order valence-corrected chi connectivity index (χ3v) is 5.76. The first-order valence-corrected chi connectivity index (χ1v) is 10.0. The van der Waals surface area contributed by atoms with Gasteiger partial charge in [0.1, 0.15) is 10.3 Å². The Morgan fingerprint density at radius 1 is 1.04 bits per heavy atom. The van der Waals surface area contributed by atoms with Gasteiger partial charge >= 0.3 is 0 Å². The zero-order chi connectivity index (χ0) is 18.9. The quantitative estimate of drug-likeness (QED) is 0.615. The average molecular weight is 436 g/mol. The van der Waals surface area contributed by atoms with Crippen LogP contribution in [-0.4, -0.2) is 34.6 Å². The van der Waals surface area contributed by atoms with Crippen LogP contribution in [0.5, 0.6) is 5.88 Å². The van der Waals surface area contributed by atoms with Crippen molar-refractivity contribution in [1.29, 1.82) is 0 Å².